The van der Waals surface area contributed by atoms with Gasteiger partial charge in [-0.15, -0.1) is 0 Å². The molecular weight excluding hydrogens is 520 g/mol. The molecule has 2 saturated carbocycles. The summed E-state index contributed by atoms with van der Waals surface area (Å²) in [5.41, 5.74) is -1.10. The first kappa shape index (κ1) is 28.4. The Bertz CT molecular complexity index is 898. The van der Waals surface area contributed by atoms with Gasteiger partial charge >= 0.3 is 0 Å². The molecule has 2 aliphatic carbocycles. The van der Waals surface area contributed by atoms with E-state index in [1.54, 1.807) is 0 Å². The first-order valence-corrected chi connectivity index (χ1v) is 15.7. The summed E-state index contributed by atoms with van der Waals surface area (Å²) in [6, 6.07) is 0. The number of aliphatic hydroxyl groups excluding tert-OH is 2. The minimum absolute atomic E-state index is 0.0379. The van der Waals surface area contributed by atoms with Crippen molar-refractivity contribution < 1.29 is 48.7 Å². The molecule has 8 heterocycles. The number of ether oxygens (including phenoxy) is 4. The number of rotatable bonds is 0. The number of hydrogen-bond acceptors (Lipinski definition) is 10. The van der Waals surface area contributed by atoms with E-state index in [9.17, 15) is 10.2 Å². The second-order valence-electron chi connectivity index (χ2n) is 14.6. The summed E-state index contributed by atoms with van der Waals surface area (Å²) in [4.78, 5) is 23.3. The van der Waals surface area contributed by atoms with Crippen LogP contribution < -0.4 is 0 Å². The molecule has 0 aromatic carbocycles. The molecule has 0 aromatic rings. The third-order valence-electron chi connectivity index (χ3n) is 12.2. The molecule has 8 aliphatic heterocycles. The maximum Gasteiger partial charge on any atom is 0.201 e. The first-order chi connectivity index (χ1) is 18.9. The van der Waals surface area contributed by atoms with Gasteiger partial charge in [-0.25, -0.2) is 19.6 Å². The van der Waals surface area contributed by atoms with Gasteiger partial charge < -0.3 is 29.2 Å². The van der Waals surface area contributed by atoms with Crippen LogP contribution in [0.1, 0.15) is 92.9 Å². The Morgan fingerprint density at radius 3 is 1.32 bits per heavy atom. The molecule has 0 amide bonds. The molecule has 40 heavy (non-hydrogen) atoms. The molecule has 9 unspecified atom stereocenters. The molecule has 4 bridgehead atoms. The summed E-state index contributed by atoms with van der Waals surface area (Å²) >= 11 is 0. The van der Waals surface area contributed by atoms with Crippen molar-refractivity contribution >= 4 is 0 Å². The third-order valence-corrected chi connectivity index (χ3v) is 12.2. The van der Waals surface area contributed by atoms with Gasteiger partial charge in [-0.2, -0.15) is 0 Å². The number of aliphatic hydroxyl groups is 2. The van der Waals surface area contributed by atoms with Gasteiger partial charge in [0, 0.05) is 36.5 Å². The second-order valence-corrected chi connectivity index (χ2v) is 14.6. The molecule has 0 radical (unpaired) electrons. The van der Waals surface area contributed by atoms with E-state index in [4.69, 9.17) is 38.5 Å². The van der Waals surface area contributed by atoms with E-state index in [-0.39, 0.29) is 23.7 Å². The van der Waals surface area contributed by atoms with Crippen LogP contribution in [0.5, 0.6) is 0 Å². The molecule has 10 rings (SSSR count). The summed E-state index contributed by atoms with van der Waals surface area (Å²) in [6.07, 6.45) is 5.45. The summed E-state index contributed by atoms with van der Waals surface area (Å²) in [7, 11) is 0. The van der Waals surface area contributed by atoms with Gasteiger partial charge in [0.15, 0.2) is 36.4 Å². The molecule has 0 aromatic heterocycles. The third kappa shape index (κ3) is 3.90. The lowest BCUT2D eigenvalue weighted by Gasteiger charge is -2.59. The quantitative estimate of drug-likeness (QED) is 0.408. The van der Waals surface area contributed by atoms with Crippen molar-refractivity contribution in [3.63, 3.8) is 0 Å². The summed E-state index contributed by atoms with van der Waals surface area (Å²) in [5, 5.41) is 20.4. The Labute approximate surface area is 237 Å². The molecule has 8 saturated heterocycles. The summed E-state index contributed by atoms with van der Waals surface area (Å²) < 4.78 is 23.7. The van der Waals surface area contributed by atoms with Gasteiger partial charge in [0.2, 0.25) is 11.6 Å². The normalized spacial score (nSPS) is 61.8. The van der Waals surface area contributed by atoms with Crippen LogP contribution in [0.2, 0.25) is 0 Å². The van der Waals surface area contributed by atoms with Gasteiger partial charge in [-0.05, 0) is 76.0 Å². The SMILES string of the molecule is CC1CCC2C(C)C(O)OC3OC4(C)CCC1C32OO4.C[C@@H]1CC[C@H]2[C@@H](C)C(O)O[C@@H]3O[C@@]4(C)CC[C@@H]1[C@]32OO4. The van der Waals surface area contributed by atoms with E-state index < -0.39 is 47.9 Å². The summed E-state index contributed by atoms with van der Waals surface area (Å²) in [5.74, 6) is 0.873. The Hall–Kier alpha value is -0.400. The molecule has 10 nitrogen and oxygen atoms in total. The highest BCUT2D eigenvalue weighted by atomic mass is 17.3. The van der Waals surface area contributed by atoms with E-state index in [0.29, 0.717) is 23.7 Å². The Morgan fingerprint density at radius 2 is 0.925 bits per heavy atom. The van der Waals surface area contributed by atoms with Gasteiger partial charge in [-0.3, -0.25) is 0 Å². The van der Waals surface area contributed by atoms with Gasteiger partial charge in [-0.1, -0.05) is 27.7 Å². The van der Waals surface area contributed by atoms with E-state index in [0.717, 1.165) is 38.5 Å². The fourth-order valence-electron chi connectivity index (χ4n) is 9.77. The zero-order chi connectivity index (χ0) is 28.2. The van der Waals surface area contributed by atoms with Crippen LogP contribution in [0.15, 0.2) is 0 Å². The van der Waals surface area contributed by atoms with E-state index >= 15 is 0 Å². The molecule has 2 N–H and O–H groups in total. The van der Waals surface area contributed by atoms with Crippen LogP contribution >= 0.6 is 0 Å². The molecule has 228 valence electrons. The van der Waals surface area contributed by atoms with Crippen molar-refractivity contribution in [1.29, 1.82) is 0 Å². The largest absolute Gasteiger partial charge is 0.368 e. The highest BCUT2D eigenvalue weighted by Crippen LogP contribution is 2.61. The molecule has 2 spiro atoms. The van der Waals surface area contributed by atoms with Crippen molar-refractivity contribution in [1.82, 2.24) is 0 Å². The molecule has 10 heteroatoms. The predicted molar refractivity (Wildman–Crippen MR) is 138 cm³/mol. The van der Waals surface area contributed by atoms with E-state index in [1.165, 1.54) is 12.8 Å². The van der Waals surface area contributed by atoms with Crippen LogP contribution in [0.4, 0.5) is 0 Å². The predicted octanol–water partition coefficient (Wildman–Crippen LogP) is 4.37. The Kier molecular flexibility index (Phi) is 6.77. The van der Waals surface area contributed by atoms with Gasteiger partial charge in [0.05, 0.1) is 0 Å². The van der Waals surface area contributed by atoms with Gasteiger partial charge in [0.1, 0.15) is 0 Å². The maximum atomic E-state index is 10.2. The highest BCUT2D eigenvalue weighted by Gasteiger charge is 2.70. The smallest absolute Gasteiger partial charge is 0.201 e. The minimum atomic E-state index is -0.781. The second kappa shape index (κ2) is 9.55. The van der Waals surface area contributed by atoms with Crippen LogP contribution in [-0.4, -0.2) is 58.1 Å². The minimum Gasteiger partial charge on any atom is -0.368 e. The standard InChI is InChI=1S/2C15H24O5/c2*1-8-4-5-11-9(2)12(16)17-13-15(11)10(8)6-7-14(3,18-13)19-20-15/h2*8-13,16H,4-7H2,1-3H3/t8-,9-,10+,11+,12?,13-,14-,15-;/m1./s1. The fourth-order valence-corrected chi connectivity index (χ4v) is 9.77. The first-order valence-electron chi connectivity index (χ1n) is 15.7. The molecular formula is C30H48O10. The average Bonchev–Trinajstić information content (AvgIpc) is 3.28. The number of hydrogen-bond donors (Lipinski definition) is 2. The van der Waals surface area contributed by atoms with E-state index in [2.05, 4.69) is 13.8 Å². The van der Waals surface area contributed by atoms with Crippen molar-refractivity contribution in [2.45, 2.75) is 141 Å². The average molecular weight is 569 g/mol. The topological polar surface area (TPSA) is 114 Å². The molecule has 10 aliphatic rings. The van der Waals surface area contributed by atoms with Crippen molar-refractivity contribution in [3.05, 3.63) is 0 Å². The maximum absolute atomic E-state index is 10.2. The lowest BCUT2D eigenvalue weighted by molar-refractivity contribution is -0.576. The zero-order valence-electron chi connectivity index (χ0n) is 24.7. The van der Waals surface area contributed by atoms with Crippen LogP contribution in [-0.2, 0) is 38.5 Å². The molecule has 10 fully saturated rings. The van der Waals surface area contributed by atoms with Crippen LogP contribution in [0.3, 0.4) is 0 Å². The van der Waals surface area contributed by atoms with E-state index in [1.807, 2.05) is 27.7 Å². The van der Waals surface area contributed by atoms with Crippen LogP contribution in [0.25, 0.3) is 0 Å². The Morgan fingerprint density at radius 1 is 0.525 bits per heavy atom. The monoisotopic (exact) mass is 568 g/mol. The van der Waals surface area contributed by atoms with Crippen molar-refractivity contribution in [3.8, 4) is 0 Å². The van der Waals surface area contributed by atoms with Crippen molar-refractivity contribution in [2.24, 2.45) is 47.3 Å². The van der Waals surface area contributed by atoms with Crippen molar-refractivity contribution in [2.75, 3.05) is 0 Å². The molecule has 16 atom stereocenters. The number of fused-ring (bicyclic) bond motifs is 4. The zero-order valence-corrected chi connectivity index (χ0v) is 24.7. The lowest BCUT2D eigenvalue weighted by atomic mass is 9.58. The fraction of sp³-hybridized carbons (Fsp3) is 1.00. The highest BCUT2D eigenvalue weighted by molar-refractivity contribution is 5.10. The lowest BCUT2D eigenvalue weighted by Crippen LogP contribution is -2.70. The van der Waals surface area contributed by atoms with Crippen LogP contribution in [0, 0.1) is 47.3 Å². The Balaban J connectivity index is 0.000000132. The summed E-state index contributed by atoms with van der Waals surface area (Å²) in [6.45, 7) is 12.4. The van der Waals surface area contributed by atoms with Gasteiger partial charge in [0.25, 0.3) is 0 Å².